The summed E-state index contributed by atoms with van der Waals surface area (Å²) >= 11 is 18.6. The topological polar surface area (TPSA) is 34.5 Å². The molecular formula is C22H27Cl3N2O2. The molecule has 2 atom stereocenters. The van der Waals surface area contributed by atoms with Gasteiger partial charge in [0.2, 0.25) is 0 Å². The van der Waals surface area contributed by atoms with Gasteiger partial charge in [-0.25, -0.2) is 0 Å². The highest BCUT2D eigenvalue weighted by atomic mass is 35.5. The largest absolute Gasteiger partial charge is 0.492 e. The zero-order chi connectivity index (χ0) is 21.0. The van der Waals surface area contributed by atoms with E-state index < -0.39 is 0 Å². The van der Waals surface area contributed by atoms with Gasteiger partial charge in [-0.3, -0.25) is 4.79 Å². The minimum atomic E-state index is -0.109. The minimum absolute atomic E-state index is 0.109. The van der Waals surface area contributed by atoms with Gasteiger partial charge in [0.15, 0.2) is 0 Å². The molecule has 0 radical (unpaired) electrons. The first-order chi connectivity index (χ1) is 13.9. The number of ether oxygens (including phenoxy) is 1. The summed E-state index contributed by atoms with van der Waals surface area (Å²) in [6.45, 7) is 7.15. The van der Waals surface area contributed by atoms with Crippen LogP contribution in [0.3, 0.4) is 0 Å². The van der Waals surface area contributed by atoms with E-state index in [0.29, 0.717) is 45.8 Å². The molecule has 0 aliphatic heterocycles. The van der Waals surface area contributed by atoms with Crippen LogP contribution in [-0.4, -0.2) is 24.3 Å². The highest BCUT2D eigenvalue weighted by Crippen LogP contribution is 2.41. The maximum absolute atomic E-state index is 12.6. The lowest BCUT2D eigenvalue weighted by Crippen LogP contribution is -2.30. The monoisotopic (exact) mass is 456 g/mol. The molecule has 1 aromatic carbocycles. The smallest absolute Gasteiger partial charge is 0.271 e. The van der Waals surface area contributed by atoms with Crippen LogP contribution in [-0.2, 0) is 6.54 Å². The van der Waals surface area contributed by atoms with Gasteiger partial charge in [-0.05, 0) is 49.8 Å². The van der Waals surface area contributed by atoms with E-state index in [-0.39, 0.29) is 5.56 Å². The fourth-order valence-electron chi connectivity index (χ4n) is 3.49. The Morgan fingerprint density at radius 2 is 1.97 bits per heavy atom. The zero-order valence-corrected chi connectivity index (χ0v) is 19.1. The number of hydrogen-bond acceptors (Lipinski definition) is 3. The van der Waals surface area contributed by atoms with Crippen molar-refractivity contribution in [1.29, 1.82) is 0 Å². The minimum Gasteiger partial charge on any atom is -0.492 e. The molecule has 29 heavy (non-hydrogen) atoms. The third-order valence-corrected chi connectivity index (χ3v) is 6.33. The fourth-order valence-corrected chi connectivity index (χ4v) is 4.11. The van der Waals surface area contributed by atoms with Crippen LogP contribution in [0, 0.1) is 11.8 Å². The molecule has 2 aromatic rings. The Kier molecular flexibility index (Phi) is 7.78. The Morgan fingerprint density at radius 3 is 2.69 bits per heavy atom. The first-order valence-corrected chi connectivity index (χ1v) is 11.3. The summed E-state index contributed by atoms with van der Waals surface area (Å²) in [5.41, 5.74) is 0.707. The Hall–Kier alpha value is -1.36. The van der Waals surface area contributed by atoms with Crippen molar-refractivity contribution in [2.45, 2.75) is 39.7 Å². The molecule has 3 rings (SSSR count). The van der Waals surface area contributed by atoms with Gasteiger partial charge >= 0.3 is 0 Å². The average Bonchev–Trinajstić information content (AvgIpc) is 3.46. The van der Waals surface area contributed by atoms with Crippen LogP contribution in [0.2, 0.25) is 15.1 Å². The van der Waals surface area contributed by atoms with Crippen LogP contribution in [0.5, 0.6) is 5.75 Å². The van der Waals surface area contributed by atoms with Crippen molar-refractivity contribution in [3.63, 3.8) is 0 Å². The van der Waals surface area contributed by atoms with E-state index in [1.165, 1.54) is 0 Å². The van der Waals surface area contributed by atoms with Crippen LogP contribution in [0.15, 0.2) is 35.3 Å². The molecule has 1 aromatic heterocycles. The van der Waals surface area contributed by atoms with Crippen molar-refractivity contribution in [2.24, 2.45) is 11.8 Å². The van der Waals surface area contributed by atoms with Crippen LogP contribution < -0.4 is 15.2 Å². The molecule has 1 aliphatic carbocycles. The normalized spacial score (nSPS) is 18.0. The Labute approximate surface area is 187 Å². The third kappa shape index (κ3) is 5.62. The quantitative estimate of drug-likeness (QED) is 0.429. The molecule has 0 amide bonds. The third-order valence-electron chi connectivity index (χ3n) is 5.43. The van der Waals surface area contributed by atoms with Gasteiger partial charge in [0.25, 0.3) is 5.56 Å². The number of anilines is 1. The van der Waals surface area contributed by atoms with Crippen LogP contribution in [0.1, 0.15) is 33.1 Å². The summed E-state index contributed by atoms with van der Waals surface area (Å²) in [5, 5.41) is 1.49. The molecule has 1 fully saturated rings. The number of halogens is 3. The standard InChI is InChI=1S/C22H27Cl3N2O2/c1-3-5-9-27-10-8-19(21(25)22(27)28)26(4-2)13-15-11-16(15)14-29-20-12-17(23)6-7-18(20)24/h6-8,10,12,15-16H,3-5,9,11,13-14H2,1-2H3/t15-,16+/m0/s1. The average molecular weight is 458 g/mol. The second-order valence-corrected chi connectivity index (χ2v) is 8.77. The number of nitrogens with zero attached hydrogens (tertiary/aromatic N) is 2. The molecule has 0 spiro atoms. The second-order valence-electron chi connectivity index (χ2n) is 7.55. The van der Waals surface area contributed by atoms with Crippen molar-refractivity contribution in [3.8, 4) is 5.75 Å². The highest BCUT2D eigenvalue weighted by molar-refractivity contribution is 6.34. The van der Waals surface area contributed by atoms with Crippen molar-refractivity contribution in [2.75, 3.05) is 24.6 Å². The van der Waals surface area contributed by atoms with Gasteiger partial charge in [-0.2, -0.15) is 0 Å². The summed E-state index contributed by atoms with van der Waals surface area (Å²) < 4.78 is 7.57. The number of hydrogen-bond donors (Lipinski definition) is 0. The first-order valence-electron chi connectivity index (χ1n) is 10.2. The van der Waals surface area contributed by atoms with Gasteiger partial charge in [-0.15, -0.1) is 0 Å². The molecule has 7 heteroatoms. The van der Waals surface area contributed by atoms with E-state index >= 15 is 0 Å². The molecular weight excluding hydrogens is 431 g/mol. The Bertz CT molecular complexity index is 900. The van der Waals surface area contributed by atoms with Crippen LogP contribution >= 0.6 is 34.8 Å². The van der Waals surface area contributed by atoms with Gasteiger partial charge in [0.1, 0.15) is 10.8 Å². The van der Waals surface area contributed by atoms with Crippen molar-refractivity contribution >= 4 is 40.5 Å². The number of unbranched alkanes of at least 4 members (excludes halogenated alkanes) is 1. The predicted octanol–water partition coefficient (Wildman–Crippen LogP) is 6.15. The molecule has 0 unspecified atom stereocenters. The summed E-state index contributed by atoms with van der Waals surface area (Å²) in [5.74, 6) is 1.59. The van der Waals surface area contributed by atoms with E-state index in [4.69, 9.17) is 39.5 Å². The van der Waals surface area contributed by atoms with E-state index in [0.717, 1.165) is 38.0 Å². The van der Waals surface area contributed by atoms with Crippen LogP contribution in [0.4, 0.5) is 5.69 Å². The number of aryl methyl sites for hydroxylation is 1. The molecule has 1 heterocycles. The predicted molar refractivity (Wildman–Crippen MR) is 122 cm³/mol. The van der Waals surface area contributed by atoms with Crippen molar-refractivity contribution in [1.82, 2.24) is 4.57 Å². The molecule has 1 saturated carbocycles. The number of benzene rings is 1. The van der Waals surface area contributed by atoms with Gasteiger partial charge in [0.05, 0.1) is 17.3 Å². The van der Waals surface area contributed by atoms with E-state index in [1.807, 2.05) is 12.3 Å². The molecule has 1 aliphatic rings. The number of aromatic nitrogens is 1. The summed E-state index contributed by atoms with van der Waals surface area (Å²) in [4.78, 5) is 14.7. The van der Waals surface area contributed by atoms with E-state index in [2.05, 4.69) is 18.7 Å². The highest BCUT2D eigenvalue weighted by Gasteiger charge is 2.39. The van der Waals surface area contributed by atoms with Crippen LogP contribution in [0.25, 0.3) is 0 Å². The Balaban J connectivity index is 1.59. The molecule has 158 valence electrons. The molecule has 0 bridgehead atoms. The fraction of sp³-hybridized carbons (Fsp3) is 0.500. The lowest BCUT2D eigenvalue weighted by molar-refractivity contribution is 0.292. The number of rotatable bonds is 10. The van der Waals surface area contributed by atoms with Gasteiger partial charge in [-0.1, -0.05) is 48.1 Å². The molecule has 0 N–H and O–H groups in total. The maximum atomic E-state index is 12.6. The number of pyridine rings is 1. The SMILES string of the molecule is CCCCn1ccc(N(CC)C[C@@H]2C[C@@H]2COc2cc(Cl)ccc2Cl)c(Cl)c1=O. The summed E-state index contributed by atoms with van der Waals surface area (Å²) in [7, 11) is 0. The lowest BCUT2D eigenvalue weighted by Gasteiger charge is -2.24. The zero-order valence-electron chi connectivity index (χ0n) is 16.8. The first kappa shape index (κ1) is 22.3. The maximum Gasteiger partial charge on any atom is 0.271 e. The van der Waals surface area contributed by atoms with Gasteiger partial charge < -0.3 is 14.2 Å². The second kappa shape index (κ2) is 10.1. The Morgan fingerprint density at radius 1 is 1.17 bits per heavy atom. The summed E-state index contributed by atoms with van der Waals surface area (Å²) in [6.07, 6.45) is 4.95. The van der Waals surface area contributed by atoms with Crippen molar-refractivity contribution in [3.05, 3.63) is 55.9 Å². The van der Waals surface area contributed by atoms with E-state index in [9.17, 15) is 4.79 Å². The molecule has 0 saturated heterocycles. The van der Waals surface area contributed by atoms with E-state index in [1.54, 1.807) is 22.8 Å². The summed E-state index contributed by atoms with van der Waals surface area (Å²) in [6, 6.07) is 7.19. The lowest BCUT2D eigenvalue weighted by atomic mass is 10.2. The van der Waals surface area contributed by atoms with Crippen molar-refractivity contribution < 1.29 is 4.74 Å². The molecule has 4 nitrogen and oxygen atoms in total. The van der Waals surface area contributed by atoms with Gasteiger partial charge in [0, 0.05) is 36.9 Å².